The van der Waals surface area contributed by atoms with Crippen LogP contribution in [0.1, 0.15) is 17.5 Å². The second kappa shape index (κ2) is 4.35. The van der Waals surface area contributed by atoms with Crippen LogP contribution in [0.2, 0.25) is 0 Å². The number of hydrogen-bond donors (Lipinski definition) is 3. The smallest absolute Gasteiger partial charge is 0.407 e. The summed E-state index contributed by atoms with van der Waals surface area (Å²) in [7, 11) is 0. The first-order valence-corrected chi connectivity index (χ1v) is 5.46. The molecule has 1 saturated heterocycles. The molecule has 3 N–H and O–H groups in total. The summed E-state index contributed by atoms with van der Waals surface area (Å²) in [5.74, 6) is 0. The Morgan fingerprint density at radius 2 is 2.12 bits per heavy atom. The molecule has 5 nitrogen and oxygen atoms in total. The summed E-state index contributed by atoms with van der Waals surface area (Å²) in [4.78, 5) is 12.0. The fourth-order valence-corrected chi connectivity index (χ4v) is 2.29. The predicted molar refractivity (Wildman–Crippen MR) is 60.5 cm³/mol. The van der Waals surface area contributed by atoms with E-state index in [1.54, 1.807) is 24.3 Å². The van der Waals surface area contributed by atoms with E-state index in [1.165, 1.54) is 4.90 Å². The number of aliphatic hydroxyl groups is 2. The third-order valence-corrected chi connectivity index (χ3v) is 3.21. The Labute approximate surface area is 98.9 Å². The third-order valence-electron chi connectivity index (χ3n) is 3.21. The van der Waals surface area contributed by atoms with Crippen LogP contribution in [0, 0.1) is 0 Å². The largest absolute Gasteiger partial charge is 0.465 e. The van der Waals surface area contributed by atoms with Gasteiger partial charge < -0.3 is 20.2 Å². The molecule has 0 aromatic heterocycles. The minimum absolute atomic E-state index is 0.0549. The summed E-state index contributed by atoms with van der Waals surface area (Å²) < 4.78 is 0. The first-order chi connectivity index (χ1) is 8.07. The normalized spacial score (nSPS) is 24.0. The Morgan fingerprint density at radius 3 is 2.71 bits per heavy atom. The topological polar surface area (TPSA) is 81.0 Å². The first kappa shape index (κ1) is 11.9. The van der Waals surface area contributed by atoms with Crippen LogP contribution in [0.25, 0.3) is 0 Å². The van der Waals surface area contributed by atoms with Crippen molar-refractivity contribution in [2.75, 3.05) is 13.1 Å². The maximum absolute atomic E-state index is 10.8. The van der Waals surface area contributed by atoms with Crippen molar-refractivity contribution in [3.8, 4) is 0 Å². The fourth-order valence-electron chi connectivity index (χ4n) is 2.29. The summed E-state index contributed by atoms with van der Waals surface area (Å²) in [5, 5.41) is 28.6. The molecule has 0 spiro atoms. The maximum Gasteiger partial charge on any atom is 0.407 e. The molecule has 0 bridgehead atoms. The van der Waals surface area contributed by atoms with Crippen LogP contribution < -0.4 is 0 Å². The van der Waals surface area contributed by atoms with Gasteiger partial charge in [0, 0.05) is 6.54 Å². The first-order valence-electron chi connectivity index (χ1n) is 5.46. The Kier molecular flexibility index (Phi) is 3.04. The van der Waals surface area contributed by atoms with Crippen LogP contribution in [-0.2, 0) is 12.2 Å². The molecule has 1 unspecified atom stereocenters. The standard InChI is InChI=1S/C12H15NO4/c14-7-9-3-1-2-4-10(9)12(17)5-6-13(8-12)11(15)16/h1-4,14,17H,5-8H2,(H,15,16). The fraction of sp³-hybridized carbons (Fsp3) is 0.417. The number of aliphatic hydroxyl groups excluding tert-OH is 1. The van der Waals surface area contributed by atoms with E-state index in [2.05, 4.69) is 0 Å². The van der Waals surface area contributed by atoms with Crippen molar-refractivity contribution in [1.29, 1.82) is 0 Å². The number of amides is 1. The van der Waals surface area contributed by atoms with Crippen LogP contribution in [0.4, 0.5) is 4.79 Å². The number of benzene rings is 1. The van der Waals surface area contributed by atoms with E-state index in [1.807, 2.05) is 0 Å². The molecule has 0 radical (unpaired) electrons. The molecule has 1 aliphatic rings. The van der Waals surface area contributed by atoms with Gasteiger partial charge >= 0.3 is 6.09 Å². The van der Waals surface area contributed by atoms with E-state index < -0.39 is 11.7 Å². The van der Waals surface area contributed by atoms with Crippen molar-refractivity contribution in [2.45, 2.75) is 18.6 Å². The molecule has 1 aromatic carbocycles. The second-order valence-electron chi connectivity index (χ2n) is 4.30. The van der Waals surface area contributed by atoms with Crippen LogP contribution >= 0.6 is 0 Å². The second-order valence-corrected chi connectivity index (χ2v) is 4.30. The number of likely N-dealkylation sites (tertiary alicyclic amines) is 1. The van der Waals surface area contributed by atoms with Crippen molar-refractivity contribution in [3.05, 3.63) is 35.4 Å². The van der Waals surface area contributed by atoms with E-state index in [0.717, 1.165) is 0 Å². The van der Waals surface area contributed by atoms with E-state index in [-0.39, 0.29) is 13.2 Å². The molecule has 1 amide bonds. The lowest BCUT2D eigenvalue weighted by Crippen LogP contribution is -2.34. The highest BCUT2D eigenvalue weighted by molar-refractivity contribution is 5.65. The number of hydrogen-bond acceptors (Lipinski definition) is 3. The predicted octanol–water partition coefficient (Wildman–Crippen LogP) is 0.750. The molecule has 1 aliphatic heterocycles. The lowest BCUT2D eigenvalue weighted by Gasteiger charge is -2.25. The van der Waals surface area contributed by atoms with Gasteiger partial charge in [-0.3, -0.25) is 0 Å². The van der Waals surface area contributed by atoms with Gasteiger partial charge in [0.05, 0.1) is 13.2 Å². The SMILES string of the molecule is O=C(O)N1CCC(O)(c2ccccc2CO)C1. The van der Waals surface area contributed by atoms with E-state index in [4.69, 9.17) is 5.11 Å². The van der Waals surface area contributed by atoms with Gasteiger partial charge in [0.25, 0.3) is 0 Å². The van der Waals surface area contributed by atoms with Gasteiger partial charge in [0.2, 0.25) is 0 Å². The van der Waals surface area contributed by atoms with E-state index >= 15 is 0 Å². The van der Waals surface area contributed by atoms with Gasteiger partial charge in [-0.25, -0.2) is 4.79 Å². The average Bonchev–Trinajstić information content (AvgIpc) is 2.73. The summed E-state index contributed by atoms with van der Waals surface area (Å²) in [6.07, 6.45) is -0.668. The van der Waals surface area contributed by atoms with Gasteiger partial charge in [0.15, 0.2) is 0 Å². The van der Waals surface area contributed by atoms with Crippen LogP contribution in [0.5, 0.6) is 0 Å². The molecule has 2 rings (SSSR count). The lowest BCUT2D eigenvalue weighted by molar-refractivity contribution is 0.0439. The highest BCUT2D eigenvalue weighted by atomic mass is 16.4. The number of nitrogens with zero attached hydrogens (tertiary/aromatic N) is 1. The number of β-amino-alcohol motifs (C(OH)–C–C–N with tert-alkyl or cyclic N) is 1. The zero-order chi connectivity index (χ0) is 12.5. The van der Waals surface area contributed by atoms with Gasteiger partial charge in [-0.2, -0.15) is 0 Å². The molecule has 0 aliphatic carbocycles. The minimum Gasteiger partial charge on any atom is -0.465 e. The number of carboxylic acid groups (broad SMARTS) is 1. The monoisotopic (exact) mass is 237 g/mol. The van der Waals surface area contributed by atoms with Gasteiger partial charge in [-0.1, -0.05) is 24.3 Å². The Morgan fingerprint density at radius 1 is 1.41 bits per heavy atom. The molecular formula is C12H15NO4. The molecule has 1 fully saturated rings. The Balaban J connectivity index is 2.30. The van der Waals surface area contributed by atoms with Crippen molar-refractivity contribution in [2.24, 2.45) is 0 Å². The molecule has 17 heavy (non-hydrogen) atoms. The molecule has 0 saturated carbocycles. The maximum atomic E-state index is 10.8. The van der Waals surface area contributed by atoms with E-state index in [9.17, 15) is 15.0 Å². The zero-order valence-corrected chi connectivity index (χ0v) is 9.33. The average molecular weight is 237 g/mol. The van der Waals surface area contributed by atoms with Crippen LogP contribution in [-0.4, -0.2) is 39.4 Å². The summed E-state index contributed by atoms with van der Waals surface area (Å²) >= 11 is 0. The Bertz CT molecular complexity index is 434. The van der Waals surface area contributed by atoms with Crippen molar-refractivity contribution in [1.82, 2.24) is 4.90 Å². The van der Waals surface area contributed by atoms with Gasteiger partial charge in [-0.15, -0.1) is 0 Å². The van der Waals surface area contributed by atoms with Crippen molar-refractivity contribution in [3.63, 3.8) is 0 Å². The van der Waals surface area contributed by atoms with Crippen molar-refractivity contribution < 1.29 is 20.1 Å². The van der Waals surface area contributed by atoms with Gasteiger partial charge in [0.1, 0.15) is 5.60 Å². The van der Waals surface area contributed by atoms with Crippen LogP contribution in [0.3, 0.4) is 0 Å². The quantitative estimate of drug-likeness (QED) is 0.709. The molecule has 1 heterocycles. The lowest BCUT2D eigenvalue weighted by atomic mass is 9.89. The van der Waals surface area contributed by atoms with Crippen LogP contribution in [0.15, 0.2) is 24.3 Å². The number of carbonyl (C=O) groups is 1. The number of rotatable bonds is 2. The summed E-state index contributed by atoms with van der Waals surface area (Å²) in [6, 6.07) is 7.02. The van der Waals surface area contributed by atoms with Crippen molar-refractivity contribution >= 4 is 6.09 Å². The molecule has 92 valence electrons. The summed E-state index contributed by atoms with van der Waals surface area (Å²) in [6.45, 7) is 0.205. The highest BCUT2D eigenvalue weighted by Crippen LogP contribution is 2.33. The van der Waals surface area contributed by atoms with Gasteiger partial charge in [-0.05, 0) is 17.5 Å². The summed E-state index contributed by atoms with van der Waals surface area (Å²) in [5.41, 5.74) is 0.0750. The van der Waals surface area contributed by atoms with E-state index in [0.29, 0.717) is 24.1 Å². The highest BCUT2D eigenvalue weighted by Gasteiger charge is 2.40. The molecule has 5 heteroatoms. The Hall–Kier alpha value is -1.59. The third kappa shape index (κ3) is 2.11. The minimum atomic E-state index is -1.18. The zero-order valence-electron chi connectivity index (χ0n) is 9.33. The molecule has 1 aromatic rings. The molecular weight excluding hydrogens is 222 g/mol. The molecule has 1 atom stereocenters.